The van der Waals surface area contributed by atoms with Crippen molar-refractivity contribution in [2.45, 2.75) is 51.0 Å². The van der Waals surface area contributed by atoms with Gasteiger partial charge >= 0.3 is 5.97 Å². The molecular weight excluding hydrogens is 268 g/mol. The highest BCUT2D eigenvalue weighted by Crippen LogP contribution is 2.34. The number of aromatic nitrogens is 1. The van der Waals surface area contributed by atoms with Gasteiger partial charge in [-0.05, 0) is 36.8 Å². The average molecular weight is 290 g/mol. The second-order valence-electron chi connectivity index (χ2n) is 5.83. The second kappa shape index (κ2) is 6.70. The van der Waals surface area contributed by atoms with E-state index in [0.29, 0.717) is 12.8 Å². The highest BCUT2D eigenvalue weighted by molar-refractivity contribution is 5.87. The molecule has 1 fully saturated rings. The number of carbonyl (C=O) groups is 2. The fourth-order valence-electron chi connectivity index (χ4n) is 3.02. The topological polar surface area (TPSA) is 79.3 Å². The number of carbonyl (C=O) groups excluding carboxylic acids is 1. The van der Waals surface area contributed by atoms with Gasteiger partial charge in [0.25, 0.3) is 0 Å². The number of pyridine rings is 1. The van der Waals surface area contributed by atoms with E-state index in [2.05, 4.69) is 10.3 Å². The molecule has 2 atom stereocenters. The number of hydrogen-bond donors (Lipinski definition) is 2. The lowest BCUT2D eigenvalue weighted by molar-refractivity contribution is -0.152. The lowest BCUT2D eigenvalue weighted by Crippen LogP contribution is -2.60. The molecule has 0 radical (unpaired) electrons. The van der Waals surface area contributed by atoms with Crippen molar-refractivity contribution in [3.63, 3.8) is 0 Å². The summed E-state index contributed by atoms with van der Waals surface area (Å²) >= 11 is 0. The Morgan fingerprint density at radius 1 is 1.48 bits per heavy atom. The molecule has 2 rings (SSSR count). The number of nitrogens with one attached hydrogen (secondary N) is 1. The summed E-state index contributed by atoms with van der Waals surface area (Å²) in [6.07, 6.45) is 7.51. The van der Waals surface area contributed by atoms with E-state index in [0.717, 1.165) is 24.8 Å². The van der Waals surface area contributed by atoms with E-state index in [9.17, 15) is 14.7 Å². The molecule has 2 unspecified atom stereocenters. The summed E-state index contributed by atoms with van der Waals surface area (Å²) in [5.41, 5.74) is -0.113. The highest BCUT2D eigenvalue weighted by Gasteiger charge is 2.46. The van der Waals surface area contributed by atoms with Gasteiger partial charge in [-0.3, -0.25) is 9.78 Å². The van der Waals surface area contributed by atoms with Crippen LogP contribution in [0.4, 0.5) is 0 Å². The van der Waals surface area contributed by atoms with Crippen LogP contribution in [0.3, 0.4) is 0 Å². The van der Waals surface area contributed by atoms with Crippen molar-refractivity contribution in [2.75, 3.05) is 0 Å². The minimum absolute atomic E-state index is 0.0360. The molecule has 1 saturated carbocycles. The number of carboxylic acids is 1. The van der Waals surface area contributed by atoms with Crippen LogP contribution in [0.25, 0.3) is 0 Å². The summed E-state index contributed by atoms with van der Waals surface area (Å²) in [6, 6.07) is 3.74. The van der Waals surface area contributed by atoms with Crippen LogP contribution in [0.5, 0.6) is 0 Å². The Morgan fingerprint density at radius 2 is 2.29 bits per heavy atom. The lowest BCUT2D eigenvalue weighted by Gasteiger charge is -2.39. The van der Waals surface area contributed by atoms with Crippen molar-refractivity contribution in [1.82, 2.24) is 10.3 Å². The predicted octanol–water partition coefficient (Wildman–Crippen LogP) is 2.16. The molecule has 0 spiro atoms. The molecule has 114 valence electrons. The van der Waals surface area contributed by atoms with Gasteiger partial charge in [0.15, 0.2) is 0 Å². The smallest absolute Gasteiger partial charge is 0.329 e. The number of aryl methyl sites for hydroxylation is 1. The van der Waals surface area contributed by atoms with E-state index in [4.69, 9.17) is 0 Å². The number of amides is 1. The van der Waals surface area contributed by atoms with Gasteiger partial charge in [-0.25, -0.2) is 4.79 Å². The molecule has 1 heterocycles. The molecule has 2 N–H and O–H groups in total. The van der Waals surface area contributed by atoms with E-state index in [-0.39, 0.29) is 18.2 Å². The van der Waals surface area contributed by atoms with Crippen LogP contribution in [0.15, 0.2) is 24.5 Å². The fourth-order valence-corrected chi connectivity index (χ4v) is 3.02. The first-order valence-electron chi connectivity index (χ1n) is 7.48. The molecule has 0 aliphatic heterocycles. The zero-order valence-corrected chi connectivity index (χ0v) is 12.3. The summed E-state index contributed by atoms with van der Waals surface area (Å²) in [5.74, 6) is -1.15. The third-order valence-corrected chi connectivity index (χ3v) is 4.41. The van der Waals surface area contributed by atoms with Crippen molar-refractivity contribution < 1.29 is 14.7 Å². The van der Waals surface area contributed by atoms with Crippen LogP contribution in [0.2, 0.25) is 0 Å². The minimum Gasteiger partial charge on any atom is -0.479 e. The van der Waals surface area contributed by atoms with Crippen molar-refractivity contribution in [3.05, 3.63) is 30.1 Å². The van der Waals surface area contributed by atoms with E-state index in [1.54, 1.807) is 12.4 Å². The molecule has 0 bridgehead atoms. The maximum Gasteiger partial charge on any atom is 0.329 e. The average Bonchev–Trinajstić information content (AvgIpc) is 2.48. The van der Waals surface area contributed by atoms with Crippen LogP contribution in [0, 0.1) is 5.92 Å². The van der Waals surface area contributed by atoms with E-state index < -0.39 is 11.5 Å². The molecule has 5 heteroatoms. The Labute approximate surface area is 124 Å². The first-order chi connectivity index (χ1) is 10.0. The maximum atomic E-state index is 12.1. The second-order valence-corrected chi connectivity index (χ2v) is 5.83. The van der Waals surface area contributed by atoms with E-state index in [1.807, 2.05) is 19.1 Å². The predicted molar refractivity (Wildman–Crippen MR) is 78.7 cm³/mol. The highest BCUT2D eigenvalue weighted by atomic mass is 16.4. The quantitative estimate of drug-likeness (QED) is 0.871. The number of aliphatic carboxylic acids is 1. The van der Waals surface area contributed by atoms with Gasteiger partial charge in [0.05, 0.1) is 0 Å². The number of nitrogens with zero attached hydrogens (tertiary/aromatic N) is 1. The van der Waals surface area contributed by atoms with Gasteiger partial charge in [0.2, 0.25) is 5.91 Å². The SMILES string of the molecule is CC1CCCCC1(NC(=O)CCc1cccnc1)C(=O)O. The molecule has 21 heavy (non-hydrogen) atoms. The largest absolute Gasteiger partial charge is 0.479 e. The number of hydrogen-bond acceptors (Lipinski definition) is 3. The Morgan fingerprint density at radius 3 is 2.90 bits per heavy atom. The molecule has 1 aliphatic carbocycles. The minimum atomic E-state index is -1.09. The molecular formula is C16H22N2O3. The third kappa shape index (κ3) is 3.60. The van der Waals surface area contributed by atoms with Gasteiger partial charge < -0.3 is 10.4 Å². The van der Waals surface area contributed by atoms with Crippen LogP contribution in [0.1, 0.15) is 44.6 Å². The monoisotopic (exact) mass is 290 g/mol. The zero-order valence-electron chi connectivity index (χ0n) is 12.3. The van der Waals surface area contributed by atoms with Crippen molar-refractivity contribution >= 4 is 11.9 Å². The normalized spacial score (nSPS) is 25.3. The maximum absolute atomic E-state index is 12.1. The van der Waals surface area contributed by atoms with Crippen molar-refractivity contribution in [3.8, 4) is 0 Å². The molecule has 0 saturated heterocycles. The van der Waals surface area contributed by atoms with E-state index in [1.165, 1.54) is 0 Å². The Kier molecular flexibility index (Phi) is 4.94. The Balaban J connectivity index is 1.97. The van der Waals surface area contributed by atoms with Crippen LogP contribution in [-0.4, -0.2) is 27.5 Å². The van der Waals surface area contributed by atoms with Crippen LogP contribution in [-0.2, 0) is 16.0 Å². The summed E-state index contributed by atoms with van der Waals surface area (Å²) in [6.45, 7) is 1.91. The number of carboxylic acid groups (broad SMARTS) is 1. The van der Waals surface area contributed by atoms with Gasteiger partial charge in [0, 0.05) is 18.8 Å². The fraction of sp³-hybridized carbons (Fsp3) is 0.562. The molecule has 1 amide bonds. The van der Waals surface area contributed by atoms with Gasteiger partial charge in [-0.1, -0.05) is 25.8 Å². The van der Waals surface area contributed by atoms with Gasteiger partial charge in [-0.2, -0.15) is 0 Å². The zero-order chi connectivity index (χ0) is 15.3. The Bertz CT molecular complexity index is 504. The van der Waals surface area contributed by atoms with Gasteiger partial charge in [0.1, 0.15) is 5.54 Å². The van der Waals surface area contributed by atoms with Gasteiger partial charge in [-0.15, -0.1) is 0 Å². The van der Waals surface area contributed by atoms with E-state index >= 15 is 0 Å². The summed E-state index contributed by atoms with van der Waals surface area (Å²) in [4.78, 5) is 27.8. The molecule has 0 aromatic carbocycles. The summed E-state index contributed by atoms with van der Waals surface area (Å²) in [5, 5.41) is 12.4. The molecule has 1 aromatic heterocycles. The lowest BCUT2D eigenvalue weighted by atomic mass is 9.73. The molecule has 1 aliphatic rings. The Hall–Kier alpha value is -1.91. The van der Waals surface area contributed by atoms with Crippen LogP contribution >= 0.6 is 0 Å². The molecule has 5 nitrogen and oxygen atoms in total. The molecule has 1 aromatic rings. The number of rotatable bonds is 5. The summed E-state index contributed by atoms with van der Waals surface area (Å²) < 4.78 is 0. The first-order valence-corrected chi connectivity index (χ1v) is 7.48. The first kappa shape index (κ1) is 15.5. The van der Waals surface area contributed by atoms with Crippen LogP contribution < -0.4 is 5.32 Å². The standard InChI is InChI=1S/C16H22N2O3/c1-12-5-2-3-9-16(12,15(20)21)18-14(19)8-7-13-6-4-10-17-11-13/h4,6,10-12H,2-3,5,7-9H2,1H3,(H,18,19)(H,20,21). The third-order valence-electron chi connectivity index (χ3n) is 4.41. The van der Waals surface area contributed by atoms with Crippen molar-refractivity contribution in [2.24, 2.45) is 5.92 Å². The summed E-state index contributed by atoms with van der Waals surface area (Å²) in [7, 11) is 0. The van der Waals surface area contributed by atoms with Crippen molar-refractivity contribution in [1.29, 1.82) is 0 Å².